The van der Waals surface area contributed by atoms with E-state index in [0.717, 1.165) is 25.7 Å². The van der Waals surface area contributed by atoms with Crippen LogP contribution in [0.4, 0.5) is 4.79 Å². The number of carboxylic acid groups (broad SMARTS) is 1. The molecule has 16 nitrogen and oxygen atoms in total. The highest BCUT2D eigenvalue weighted by atomic mass is 16.6. The van der Waals surface area contributed by atoms with Crippen LogP contribution in [0.3, 0.4) is 0 Å². The lowest BCUT2D eigenvalue weighted by Crippen LogP contribution is -2.56. The van der Waals surface area contributed by atoms with E-state index in [0.29, 0.717) is 44.1 Å². The number of para-hydroxylation sites is 1. The predicted octanol–water partition coefficient (Wildman–Crippen LogP) is 1.81. The van der Waals surface area contributed by atoms with Crippen LogP contribution in [0.1, 0.15) is 68.8 Å². The third-order valence-corrected chi connectivity index (χ3v) is 9.21. The molecule has 2 saturated heterocycles. The highest BCUT2D eigenvalue weighted by Crippen LogP contribution is 2.28. The summed E-state index contributed by atoms with van der Waals surface area (Å²) in [7, 11) is 0. The van der Waals surface area contributed by atoms with Gasteiger partial charge in [-0.3, -0.25) is 24.0 Å². The number of nitrogens with one attached hydrogen (secondary N) is 2. The summed E-state index contributed by atoms with van der Waals surface area (Å²) in [4.78, 5) is 81.6. The molecule has 1 saturated carbocycles. The van der Waals surface area contributed by atoms with Gasteiger partial charge in [-0.2, -0.15) is 5.10 Å². The smallest absolute Gasteiger partial charge is 0.409 e. The van der Waals surface area contributed by atoms with Crippen LogP contribution in [0, 0.1) is 5.92 Å². The minimum atomic E-state index is -1.18. The molecule has 276 valence electrons. The van der Waals surface area contributed by atoms with Crippen molar-refractivity contribution in [2.45, 2.75) is 70.4 Å². The average Bonchev–Trinajstić information content (AvgIpc) is 3.65. The molecule has 5 amide bonds. The summed E-state index contributed by atoms with van der Waals surface area (Å²) in [6.07, 6.45) is 4.13. The summed E-state index contributed by atoms with van der Waals surface area (Å²) >= 11 is 0. The molecule has 0 radical (unpaired) electrons. The van der Waals surface area contributed by atoms with Crippen molar-refractivity contribution in [2.24, 2.45) is 5.92 Å². The molecule has 2 aliphatic heterocycles. The van der Waals surface area contributed by atoms with Crippen molar-refractivity contribution in [3.05, 3.63) is 42.1 Å². The van der Waals surface area contributed by atoms with Gasteiger partial charge in [-0.05, 0) is 56.6 Å². The normalized spacial score (nSPS) is 17.8. The average molecular weight is 710 g/mol. The summed E-state index contributed by atoms with van der Waals surface area (Å²) in [5, 5.41) is 19.4. The number of hydrogen-bond donors (Lipinski definition) is 3. The van der Waals surface area contributed by atoms with Crippen LogP contribution in [-0.2, 0) is 23.9 Å². The third-order valence-electron chi connectivity index (χ3n) is 9.21. The molecule has 5 rings (SSSR count). The van der Waals surface area contributed by atoms with Crippen LogP contribution in [0.15, 0.2) is 36.4 Å². The Morgan fingerprint density at radius 3 is 2.39 bits per heavy atom. The summed E-state index contributed by atoms with van der Waals surface area (Å²) in [5.74, 6) is -2.29. The minimum Gasteiger partial charge on any atom is -0.481 e. The van der Waals surface area contributed by atoms with Gasteiger partial charge in [0.15, 0.2) is 12.3 Å². The first-order valence-electron chi connectivity index (χ1n) is 17.7. The second-order valence-electron chi connectivity index (χ2n) is 13.1. The van der Waals surface area contributed by atoms with Gasteiger partial charge in [0.2, 0.25) is 17.7 Å². The third kappa shape index (κ3) is 10.2. The molecule has 3 fully saturated rings. The van der Waals surface area contributed by atoms with E-state index >= 15 is 0 Å². The fourth-order valence-corrected chi connectivity index (χ4v) is 6.06. The summed E-state index contributed by atoms with van der Waals surface area (Å²) in [5.41, 5.74) is 0.426. The van der Waals surface area contributed by atoms with Crippen LogP contribution < -0.4 is 15.4 Å². The number of hydrogen-bond acceptors (Lipinski definition) is 9. The Kier molecular flexibility index (Phi) is 12.9. The first-order chi connectivity index (χ1) is 24.6. The van der Waals surface area contributed by atoms with Crippen molar-refractivity contribution in [1.82, 2.24) is 35.1 Å². The fraction of sp³-hybridized carbons (Fsp3) is 0.571. The molecule has 0 spiro atoms. The number of amides is 5. The lowest BCUT2D eigenvalue weighted by molar-refractivity contribution is -0.140. The number of rotatable bonds is 16. The lowest BCUT2D eigenvalue weighted by Gasteiger charge is -2.36. The Balaban J connectivity index is 1.25. The summed E-state index contributed by atoms with van der Waals surface area (Å²) in [6, 6.07) is 8.43. The van der Waals surface area contributed by atoms with E-state index in [1.54, 1.807) is 30.3 Å². The molecule has 3 N–H and O–H groups in total. The SMILES string of the molecule is CCCCOC(=O)N1CCN(C(=O)[C@H](CCC(=O)O)NC(=O)c2cc(OCC(=O)N3CCC[C@H]3C(=O)NCC3CC3)n(-c3ccccc3)n2)CC1. The van der Waals surface area contributed by atoms with Crippen molar-refractivity contribution in [2.75, 3.05) is 52.5 Å². The largest absolute Gasteiger partial charge is 0.481 e. The molecule has 3 aliphatic rings. The van der Waals surface area contributed by atoms with Gasteiger partial charge in [-0.25, -0.2) is 9.48 Å². The summed E-state index contributed by atoms with van der Waals surface area (Å²) in [6.45, 7) is 3.81. The van der Waals surface area contributed by atoms with Gasteiger partial charge in [-0.1, -0.05) is 31.5 Å². The first-order valence-corrected chi connectivity index (χ1v) is 17.7. The second kappa shape index (κ2) is 17.7. The number of unbranched alkanes of at least 4 members (excludes halogenated alkanes) is 1. The molecular formula is C35H47N7O9. The van der Waals surface area contributed by atoms with Crippen molar-refractivity contribution in [3.8, 4) is 11.6 Å². The monoisotopic (exact) mass is 709 g/mol. The Bertz CT molecular complexity index is 1550. The van der Waals surface area contributed by atoms with Crippen LogP contribution in [0.25, 0.3) is 5.69 Å². The number of nitrogens with zero attached hydrogens (tertiary/aromatic N) is 5. The lowest BCUT2D eigenvalue weighted by atomic mass is 10.1. The maximum absolute atomic E-state index is 13.6. The Hall–Kier alpha value is -5.15. The standard InChI is InChI=1S/C35H47N7O9/c1-2-3-20-50-35(49)40-18-16-39(17-19-40)34(48)26(13-14-31(44)45)37-32(46)27-21-30(42(38-27)25-8-5-4-6-9-25)51-23-29(43)41-15-7-10-28(41)33(47)36-22-24-11-12-24/h4-6,8-9,21,24,26,28H,2-3,7,10-20,22-23H2,1H3,(H,36,47)(H,37,46)(H,44,45)/t26-,28-/m0/s1. The van der Waals surface area contributed by atoms with Gasteiger partial charge in [0.1, 0.15) is 12.1 Å². The highest BCUT2D eigenvalue weighted by molar-refractivity contribution is 5.96. The van der Waals surface area contributed by atoms with E-state index in [1.807, 2.05) is 6.92 Å². The van der Waals surface area contributed by atoms with Crippen molar-refractivity contribution in [3.63, 3.8) is 0 Å². The molecule has 1 aromatic carbocycles. The van der Waals surface area contributed by atoms with Crippen molar-refractivity contribution >= 4 is 35.7 Å². The zero-order valence-electron chi connectivity index (χ0n) is 29.0. The number of carbonyl (C=O) groups excluding carboxylic acids is 5. The molecular weight excluding hydrogens is 662 g/mol. The Morgan fingerprint density at radius 1 is 0.980 bits per heavy atom. The predicted molar refractivity (Wildman–Crippen MR) is 182 cm³/mol. The first kappa shape index (κ1) is 37.1. The van der Waals surface area contributed by atoms with Crippen molar-refractivity contribution in [1.29, 1.82) is 0 Å². The second-order valence-corrected chi connectivity index (χ2v) is 13.1. The summed E-state index contributed by atoms with van der Waals surface area (Å²) < 4.78 is 12.6. The zero-order valence-corrected chi connectivity index (χ0v) is 29.0. The van der Waals surface area contributed by atoms with Gasteiger partial charge in [0.25, 0.3) is 11.8 Å². The molecule has 2 atom stereocenters. The number of benzene rings is 1. The maximum Gasteiger partial charge on any atom is 0.409 e. The van der Waals surface area contributed by atoms with Gasteiger partial charge in [-0.15, -0.1) is 0 Å². The van der Waals surface area contributed by atoms with Crippen LogP contribution in [-0.4, -0.2) is 130 Å². The number of carboxylic acids is 1. The maximum atomic E-state index is 13.6. The topological polar surface area (TPSA) is 193 Å². The number of piperazine rings is 1. The Labute approximate surface area is 296 Å². The van der Waals surface area contributed by atoms with Crippen LogP contribution >= 0.6 is 0 Å². The molecule has 51 heavy (non-hydrogen) atoms. The highest BCUT2D eigenvalue weighted by Gasteiger charge is 2.36. The Morgan fingerprint density at radius 2 is 1.71 bits per heavy atom. The van der Waals surface area contributed by atoms with E-state index in [4.69, 9.17) is 9.47 Å². The van der Waals surface area contributed by atoms with Crippen LogP contribution in [0.5, 0.6) is 5.88 Å². The molecule has 2 aromatic rings. The molecule has 0 unspecified atom stereocenters. The minimum absolute atomic E-state index is 0.0870. The quantitative estimate of drug-likeness (QED) is 0.217. The van der Waals surface area contributed by atoms with E-state index in [9.17, 15) is 33.9 Å². The molecule has 1 aromatic heterocycles. The number of aromatic nitrogens is 2. The molecule has 1 aliphatic carbocycles. The number of ether oxygens (including phenoxy) is 2. The number of carbonyl (C=O) groups is 6. The van der Waals surface area contributed by atoms with Crippen molar-refractivity contribution < 1.29 is 43.3 Å². The van der Waals surface area contributed by atoms with E-state index in [2.05, 4.69) is 15.7 Å². The van der Waals surface area contributed by atoms with E-state index in [1.165, 1.54) is 25.4 Å². The molecule has 16 heteroatoms. The van der Waals surface area contributed by atoms with E-state index in [-0.39, 0.29) is 62.4 Å². The molecule has 0 bridgehead atoms. The number of aliphatic carboxylic acids is 1. The van der Waals surface area contributed by atoms with Crippen LogP contribution in [0.2, 0.25) is 0 Å². The van der Waals surface area contributed by atoms with Gasteiger partial charge in [0, 0.05) is 51.8 Å². The van der Waals surface area contributed by atoms with Gasteiger partial charge in [0.05, 0.1) is 12.3 Å². The number of likely N-dealkylation sites (tertiary alicyclic amines) is 1. The molecule has 3 heterocycles. The van der Waals surface area contributed by atoms with Gasteiger partial charge < -0.3 is 39.9 Å². The van der Waals surface area contributed by atoms with E-state index < -0.39 is 42.6 Å². The fourth-order valence-electron chi connectivity index (χ4n) is 6.06. The zero-order chi connectivity index (χ0) is 36.3. The van der Waals surface area contributed by atoms with Gasteiger partial charge >= 0.3 is 12.1 Å².